The number of nitrogens with zero attached hydrogens (tertiary/aromatic N) is 1. The Morgan fingerprint density at radius 3 is 2.21 bits per heavy atom. The molecule has 0 spiro atoms. The van der Waals surface area contributed by atoms with E-state index < -0.39 is 11.5 Å². The second-order valence-electron chi connectivity index (χ2n) is 3.49. The van der Waals surface area contributed by atoms with Gasteiger partial charge in [0.1, 0.15) is 5.54 Å². The lowest BCUT2D eigenvalue weighted by Crippen LogP contribution is -2.52. The summed E-state index contributed by atoms with van der Waals surface area (Å²) in [6.07, 6.45) is 0.514. The van der Waals surface area contributed by atoms with Gasteiger partial charge < -0.3 is 9.84 Å². The van der Waals surface area contributed by atoms with Gasteiger partial charge in [-0.25, -0.2) is 0 Å². The highest BCUT2D eigenvalue weighted by atomic mass is 16.5. The molecule has 0 aliphatic carbocycles. The second-order valence-corrected chi connectivity index (χ2v) is 3.49. The monoisotopic (exact) mass is 203 g/mol. The van der Waals surface area contributed by atoms with Crippen LogP contribution >= 0.6 is 0 Å². The third-order valence-corrected chi connectivity index (χ3v) is 2.72. The fourth-order valence-corrected chi connectivity index (χ4v) is 1.62. The molecule has 4 heteroatoms. The van der Waals surface area contributed by atoms with Crippen LogP contribution in [0.5, 0.6) is 0 Å². The van der Waals surface area contributed by atoms with Gasteiger partial charge in [0.25, 0.3) is 0 Å². The molecule has 0 heterocycles. The smallest absolute Gasteiger partial charge is 0.323 e. The van der Waals surface area contributed by atoms with Crippen molar-refractivity contribution < 1.29 is 14.6 Å². The van der Waals surface area contributed by atoms with Crippen molar-refractivity contribution in [3.05, 3.63) is 0 Å². The molecule has 0 bridgehead atoms. The molecule has 1 N–H and O–H groups in total. The van der Waals surface area contributed by atoms with Gasteiger partial charge in [-0.1, -0.05) is 13.8 Å². The number of carboxylic acid groups (broad SMARTS) is 1. The number of ether oxygens (including phenoxy) is 1. The van der Waals surface area contributed by atoms with Crippen LogP contribution in [-0.4, -0.2) is 48.3 Å². The van der Waals surface area contributed by atoms with E-state index in [4.69, 9.17) is 4.74 Å². The number of hydrogen-bond acceptors (Lipinski definition) is 3. The summed E-state index contributed by atoms with van der Waals surface area (Å²) < 4.78 is 4.94. The maximum Gasteiger partial charge on any atom is 0.323 e. The van der Waals surface area contributed by atoms with Crippen LogP contribution < -0.4 is 0 Å². The molecule has 14 heavy (non-hydrogen) atoms. The molecule has 0 aliphatic rings. The van der Waals surface area contributed by atoms with Crippen LogP contribution in [-0.2, 0) is 9.53 Å². The maximum absolute atomic E-state index is 11.2. The summed E-state index contributed by atoms with van der Waals surface area (Å²) in [6, 6.07) is 0. The Kier molecular flexibility index (Phi) is 5.72. The highest BCUT2D eigenvalue weighted by molar-refractivity contribution is 5.78. The normalized spacial score (nSPS) is 15.5. The van der Waals surface area contributed by atoms with Crippen LogP contribution in [0.3, 0.4) is 0 Å². The van der Waals surface area contributed by atoms with E-state index in [9.17, 15) is 9.90 Å². The number of hydrogen-bond donors (Lipinski definition) is 1. The zero-order chi connectivity index (χ0) is 11.2. The maximum atomic E-state index is 11.2. The lowest BCUT2D eigenvalue weighted by molar-refractivity contribution is -0.151. The van der Waals surface area contributed by atoms with Gasteiger partial charge in [-0.15, -0.1) is 0 Å². The van der Waals surface area contributed by atoms with E-state index in [1.54, 1.807) is 14.0 Å². The molecule has 0 aromatic rings. The lowest BCUT2D eigenvalue weighted by Gasteiger charge is -2.36. The van der Waals surface area contributed by atoms with Gasteiger partial charge in [0.2, 0.25) is 0 Å². The van der Waals surface area contributed by atoms with Crippen molar-refractivity contribution in [2.45, 2.75) is 32.7 Å². The molecule has 0 aliphatic heterocycles. The van der Waals surface area contributed by atoms with E-state index in [2.05, 4.69) is 0 Å². The van der Waals surface area contributed by atoms with Crippen LogP contribution in [0, 0.1) is 0 Å². The van der Waals surface area contributed by atoms with Gasteiger partial charge in [0.15, 0.2) is 0 Å². The van der Waals surface area contributed by atoms with Gasteiger partial charge in [-0.2, -0.15) is 0 Å². The molecule has 1 atom stereocenters. The molecular weight excluding hydrogens is 182 g/mol. The molecule has 0 radical (unpaired) electrons. The molecule has 84 valence electrons. The summed E-state index contributed by atoms with van der Waals surface area (Å²) in [4.78, 5) is 13.1. The fraction of sp³-hybridized carbons (Fsp3) is 0.900. The minimum Gasteiger partial charge on any atom is -0.480 e. The van der Waals surface area contributed by atoms with Gasteiger partial charge in [0.05, 0.1) is 0 Å². The number of rotatable bonds is 7. The topological polar surface area (TPSA) is 49.8 Å². The summed E-state index contributed by atoms with van der Waals surface area (Å²) in [6.45, 7) is 7.64. The van der Waals surface area contributed by atoms with Crippen molar-refractivity contribution in [3.8, 4) is 0 Å². The Morgan fingerprint density at radius 1 is 1.43 bits per heavy atom. The van der Waals surface area contributed by atoms with Gasteiger partial charge in [-0.3, -0.25) is 9.69 Å². The van der Waals surface area contributed by atoms with Crippen LogP contribution in [0.1, 0.15) is 27.2 Å². The van der Waals surface area contributed by atoms with Crippen molar-refractivity contribution in [3.63, 3.8) is 0 Å². The van der Waals surface area contributed by atoms with E-state index in [-0.39, 0.29) is 0 Å². The zero-order valence-corrected chi connectivity index (χ0v) is 9.54. The summed E-state index contributed by atoms with van der Waals surface area (Å²) in [5.74, 6) is -0.779. The first-order valence-electron chi connectivity index (χ1n) is 5.00. The van der Waals surface area contributed by atoms with Crippen molar-refractivity contribution in [2.75, 3.05) is 26.8 Å². The molecular formula is C10H21NO3. The molecule has 0 amide bonds. The summed E-state index contributed by atoms with van der Waals surface area (Å²) in [5.41, 5.74) is -0.806. The Hall–Kier alpha value is -0.610. The van der Waals surface area contributed by atoms with E-state index in [0.717, 1.165) is 13.1 Å². The van der Waals surface area contributed by atoms with Crippen molar-refractivity contribution >= 4 is 5.97 Å². The largest absolute Gasteiger partial charge is 0.480 e. The van der Waals surface area contributed by atoms with Gasteiger partial charge >= 0.3 is 5.97 Å². The minimum atomic E-state index is -0.806. The highest BCUT2D eigenvalue weighted by Crippen LogP contribution is 2.19. The number of likely N-dealkylation sites (N-methyl/N-ethyl adjacent to an activating group) is 1. The molecule has 0 saturated heterocycles. The molecule has 0 saturated carbocycles. The van der Waals surface area contributed by atoms with E-state index in [1.807, 2.05) is 18.7 Å². The Bertz CT molecular complexity index is 180. The predicted molar refractivity (Wildman–Crippen MR) is 55.5 cm³/mol. The van der Waals surface area contributed by atoms with Crippen LogP contribution in [0.15, 0.2) is 0 Å². The van der Waals surface area contributed by atoms with Crippen LogP contribution in [0.25, 0.3) is 0 Å². The molecule has 0 fully saturated rings. The Morgan fingerprint density at radius 2 is 1.93 bits per heavy atom. The number of carboxylic acids is 1. The third-order valence-electron chi connectivity index (χ3n) is 2.72. The van der Waals surface area contributed by atoms with E-state index >= 15 is 0 Å². The van der Waals surface area contributed by atoms with Gasteiger partial charge in [0, 0.05) is 13.7 Å². The van der Waals surface area contributed by atoms with E-state index in [0.29, 0.717) is 13.0 Å². The second kappa shape index (κ2) is 5.98. The quantitative estimate of drug-likeness (QED) is 0.675. The van der Waals surface area contributed by atoms with Crippen molar-refractivity contribution in [1.29, 1.82) is 0 Å². The van der Waals surface area contributed by atoms with Crippen molar-refractivity contribution in [1.82, 2.24) is 4.90 Å². The van der Waals surface area contributed by atoms with Crippen LogP contribution in [0.2, 0.25) is 0 Å². The van der Waals surface area contributed by atoms with Crippen LogP contribution in [0.4, 0.5) is 0 Å². The number of methoxy groups -OCH3 is 1. The zero-order valence-electron chi connectivity index (χ0n) is 9.54. The van der Waals surface area contributed by atoms with Crippen molar-refractivity contribution in [2.24, 2.45) is 0 Å². The molecule has 1 unspecified atom stereocenters. The summed E-state index contributed by atoms with van der Waals surface area (Å²) in [5, 5.41) is 9.19. The molecule has 0 aromatic heterocycles. The first-order valence-corrected chi connectivity index (χ1v) is 5.00. The summed E-state index contributed by atoms with van der Waals surface area (Å²) in [7, 11) is 1.59. The number of carbonyl (C=O) groups is 1. The average Bonchev–Trinajstić information content (AvgIpc) is 2.16. The lowest BCUT2D eigenvalue weighted by atomic mass is 9.96. The third kappa shape index (κ3) is 2.96. The number of aliphatic carboxylic acids is 1. The highest BCUT2D eigenvalue weighted by Gasteiger charge is 2.37. The fourth-order valence-electron chi connectivity index (χ4n) is 1.62. The SMILES string of the molecule is CCN(CC)C(C)(CCOC)C(=O)O. The Labute approximate surface area is 85.9 Å². The first kappa shape index (κ1) is 13.4. The Balaban J connectivity index is 4.59. The summed E-state index contributed by atoms with van der Waals surface area (Å²) >= 11 is 0. The van der Waals surface area contributed by atoms with E-state index in [1.165, 1.54) is 0 Å². The molecule has 0 rings (SSSR count). The first-order chi connectivity index (χ1) is 6.52. The molecule has 4 nitrogen and oxygen atoms in total. The predicted octanol–water partition coefficient (Wildman–Crippen LogP) is 1.21. The standard InChI is InChI=1S/C10H21NO3/c1-5-11(6-2)10(3,9(12)13)7-8-14-4/h5-8H2,1-4H3,(H,12,13). The average molecular weight is 203 g/mol. The minimum absolute atomic E-state index is 0.472. The van der Waals surface area contributed by atoms with Gasteiger partial charge in [-0.05, 0) is 26.4 Å². The molecule has 0 aromatic carbocycles.